The lowest BCUT2D eigenvalue weighted by Gasteiger charge is -2.24. The average Bonchev–Trinajstić information content (AvgIpc) is 2.43. The molecule has 0 aliphatic carbocycles. The number of nitrogens with zero attached hydrogens (tertiary/aromatic N) is 1. The molecular formula is C16H25N3O. The summed E-state index contributed by atoms with van der Waals surface area (Å²) in [5, 5.41) is 6.42. The van der Waals surface area contributed by atoms with Crippen LogP contribution in [0.5, 0.6) is 0 Å². The summed E-state index contributed by atoms with van der Waals surface area (Å²) in [7, 11) is 0. The maximum atomic E-state index is 5.51. The van der Waals surface area contributed by atoms with Gasteiger partial charge in [-0.2, -0.15) is 0 Å². The van der Waals surface area contributed by atoms with Crippen LogP contribution < -0.4 is 10.6 Å². The quantitative estimate of drug-likeness (QED) is 0.679. The van der Waals surface area contributed by atoms with E-state index in [2.05, 4.69) is 42.6 Å². The second-order valence-electron chi connectivity index (χ2n) is 4.90. The first-order valence-corrected chi connectivity index (χ1v) is 6.95. The summed E-state index contributed by atoms with van der Waals surface area (Å²) in [4.78, 5) is 4.41. The maximum absolute atomic E-state index is 5.51. The van der Waals surface area contributed by atoms with Crippen LogP contribution in [0.15, 0.2) is 43.4 Å². The molecule has 1 rings (SSSR count). The standard InChI is InChI=1S/C16H25N3O/c1-6-17-10-14-8-9-15(18-11-14)19-16(12(3)4)13(5)20-7-2/h6,8-9,11-12,16-17H,1,5,7,10H2,2-4H3,(H,18,19). The molecule has 110 valence electrons. The van der Waals surface area contributed by atoms with Gasteiger partial charge in [0.1, 0.15) is 11.6 Å². The van der Waals surface area contributed by atoms with E-state index in [1.165, 1.54) is 0 Å². The predicted octanol–water partition coefficient (Wildman–Crippen LogP) is 3.30. The Balaban J connectivity index is 2.68. The van der Waals surface area contributed by atoms with E-state index in [9.17, 15) is 0 Å². The van der Waals surface area contributed by atoms with E-state index in [4.69, 9.17) is 4.74 Å². The van der Waals surface area contributed by atoms with E-state index in [-0.39, 0.29) is 6.04 Å². The van der Waals surface area contributed by atoms with Gasteiger partial charge in [0.05, 0.1) is 12.6 Å². The number of pyridine rings is 1. The second kappa shape index (κ2) is 8.25. The summed E-state index contributed by atoms with van der Waals surface area (Å²) in [5.41, 5.74) is 1.11. The molecule has 20 heavy (non-hydrogen) atoms. The number of hydrogen-bond donors (Lipinski definition) is 2. The number of anilines is 1. The SMILES string of the molecule is C=CNCc1ccc(NC(C(=C)OCC)C(C)C)nc1. The number of rotatable bonds is 9. The summed E-state index contributed by atoms with van der Waals surface area (Å²) >= 11 is 0. The van der Waals surface area contributed by atoms with Crippen molar-refractivity contribution in [2.75, 3.05) is 11.9 Å². The van der Waals surface area contributed by atoms with Crippen LogP contribution in [-0.4, -0.2) is 17.6 Å². The van der Waals surface area contributed by atoms with Crippen molar-refractivity contribution < 1.29 is 4.74 Å². The summed E-state index contributed by atoms with van der Waals surface area (Å²) in [5.74, 6) is 1.95. The highest BCUT2D eigenvalue weighted by molar-refractivity contribution is 5.38. The zero-order chi connectivity index (χ0) is 15.0. The number of nitrogens with one attached hydrogen (secondary N) is 2. The lowest BCUT2D eigenvalue weighted by molar-refractivity contribution is 0.203. The van der Waals surface area contributed by atoms with Gasteiger partial charge in [-0.25, -0.2) is 4.98 Å². The summed E-state index contributed by atoms with van der Waals surface area (Å²) < 4.78 is 5.51. The Morgan fingerprint density at radius 1 is 1.45 bits per heavy atom. The Morgan fingerprint density at radius 3 is 2.70 bits per heavy atom. The molecule has 2 N–H and O–H groups in total. The topological polar surface area (TPSA) is 46.2 Å². The Kier molecular flexibility index (Phi) is 6.64. The molecule has 0 radical (unpaired) electrons. The van der Waals surface area contributed by atoms with Crippen LogP contribution in [0.1, 0.15) is 26.3 Å². The normalized spacial score (nSPS) is 11.8. The Labute approximate surface area is 121 Å². The highest BCUT2D eigenvalue weighted by Gasteiger charge is 2.18. The van der Waals surface area contributed by atoms with E-state index in [1.54, 1.807) is 6.20 Å². The lowest BCUT2D eigenvalue weighted by Crippen LogP contribution is -2.29. The van der Waals surface area contributed by atoms with Crippen molar-refractivity contribution in [3.63, 3.8) is 0 Å². The zero-order valence-corrected chi connectivity index (χ0v) is 12.6. The Morgan fingerprint density at radius 2 is 2.20 bits per heavy atom. The Hall–Kier alpha value is -1.97. The van der Waals surface area contributed by atoms with E-state index >= 15 is 0 Å². The van der Waals surface area contributed by atoms with E-state index in [1.807, 2.05) is 25.3 Å². The van der Waals surface area contributed by atoms with Crippen molar-refractivity contribution >= 4 is 5.82 Å². The lowest BCUT2D eigenvalue weighted by atomic mass is 10.0. The minimum atomic E-state index is 0.0552. The van der Waals surface area contributed by atoms with Gasteiger partial charge in [-0.1, -0.05) is 33.1 Å². The summed E-state index contributed by atoms with van der Waals surface area (Å²) in [6, 6.07) is 4.06. The third kappa shape index (κ3) is 4.96. The van der Waals surface area contributed by atoms with Crippen molar-refractivity contribution in [2.24, 2.45) is 5.92 Å². The van der Waals surface area contributed by atoms with Crippen LogP contribution in [0.4, 0.5) is 5.82 Å². The molecule has 1 aromatic rings. The third-order valence-electron chi connectivity index (χ3n) is 2.92. The van der Waals surface area contributed by atoms with Gasteiger partial charge in [-0.3, -0.25) is 0 Å². The van der Waals surface area contributed by atoms with E-state index in [0.29, 0.717) is 12.5 Å². The van der Waals surface area contributed by atoms with Crippen molar-refractivity contribution in [3.05, 3.63) is 49.0 Å². The molecule has 0 saturated carbocycles. The van der Waals surface area contributed by atoms with Crippen LogP contribution in [0.3, 0.4) is 0 Å². The van der Waals surface area contributed by atoms with Gasteiger partial charge in [0.15, 0.2) is 0 Å². The largest absolute Gasteiger partial charge is 0.497 e. The smallest absolute Gasteiger partial charge is 0.126 e. The summed E-state index contributed by atoms with van der Waals surface area (Å²) in [6.07, 6.45) is 3.52. The zero-order valence-electron chi connectivity index (χ0n) is 12.6. The van der Waals surface area contributed by atoms with E-state index in [0.717, 1.165) is 23.7 Å². The predicted molar refractivity (Wildman–Crippen MR) is 84.3 cm³/mol. The number of ether oxygens (including phenoxy) is 1. The fourth-order valence-electron chi connectivity index (χ4n) is 1.86. The first kappa shape index (κ1) is 16.1. The molecule has 0 fully saturated rings. The van der Waals surface area contributed by atoms with Crippen molar-refractivity contribution in [1.29, 1.82) is 0 Å². The van der Waals surface area contributed by atoms with Gasteiger partial charge in [0.2, 0.25) is 0 Å². The first-order chi connectivity index (χ1) is 9.58. The molecule has 0 aliphatic heterocycles. The van der Waals surface area contributed by atoms with Crippen molar-refractivity contribution in [3.8, 4) is 0 Å². The monoisotopic (exact) mass is 275 g/mol. The van der Waals surface area contributed by atoms with Crippen LogP contribution in [0, 0.1) is 5.92 Å². The highest BCUT2D eigenvalue weighted by Crippen LogP contribution is 2.17. The molecule has 1 atom stereocenters. The van der Waals surface area contributed by atoms with Gasteiger partial charge in [-0.05, 0) is 30.7 Å². The molecule has 0 saturated heterocycles. The minimum Gasteiger partial charge on any atom is -0.497 e. The van der Waals surface area contributed by atoms with Crippen molar-refractivity contribution in [2.45, 2.75) is 33.4 Å². The van der Waals surface area contributed by atoms with Gasteiger partial charge in [-0.15, -0.1) is 0 Å². The van der Waals surface area contributed by atoms with Gasteiger partial charge in [0, 0.05) is 12.7 Å². The molecule has 0 amide bonds. The molecule has 0 spiro atoms. The second-order valence-corrected chi connectivity index (χ2v) is 4.90. The number of aromatic nitrogens is 1. The molecule has 0 aliphatic rings. The first-order valence-electron chi connectivity index (χ1n) is 6.95. The van der Waals surface area contributed by atoms with Crippen LogP contribution in [0.25, 0.3) is 0 Å². The van der Waals surface area contributed by atoms with Gasteiger partial charge < -0.3 is 15.4 Å². The van der Waals surface area contributed by atoms with Crippen LogP contribution >= 0.6 is 0 Å². The van der Waals surface area contributed by atoms with Gasteiger partial charge >= 0.3 is 0 Å². The molecule has 1 aromatic heterocycles. The molecule has 0 aromatic carbocycles. The Bertz CT molecular complexity index is 426. The highest BCUT2D eigenvalue weighted by atomic mass is 16.5. The molecular weight excluding hydrogens is 250 g/mol. The molecule has 4 nitrogen and oxygen atoms in total. The van der Waals surface area contributed by atoms with Gasteiger partial charge in [0.25, 0.3) is 0 Å². The molecule has 4 heteroatoms. The van der Waals surface area contributed by atoms with Crippen molar-refractivity contribution in [1.82, 2.24) is 10.3 Å². The molecule has 1 unspecified atom stereocenters. The molecule has 1 heterocycles. The van der Waals surface area contributed by atoms with Crippen LogP contribution in [0.2, 0.25) is 0 Å². The average molecular weight is 275 g/mol. The van der Waals surface area contributed by atoms with Crippen LogP contribution in [-0.2, 0) is 11.3 Å². The fraction of sp³-hybridized carbons (Fsp3) is 0.438. The number of hydrogen-bond acceptors (Lipinski definition) is 4. The minimum absolute atomic E-state index is 0.0552. The fourth-order valence-corrected chi connectivity index (χ4v) is 1.86. The molecule has 0 bridgehead atoms. The summed E-state index contributed by atoms with van der Waals surface area (Å²) in [6.45, 7) is 15.2. The van der Waals surface area contributed by atoms with E-state index < -0.39 is 0 Å². The maximum Gasteiger partial charge on any atom is 0.126 e. The third-order valence-corrected chi connectivity index (χ3v) is 2.92.